The molecule has 2 aliphatic rings. The Labute approximate surface area is 147 Å². The molecule has 1 unspecified atom stereocenters. The fourth-order valence-electron chi connectivity index (χ4n) is 3.41. The molecule has 1 saturated heterocycles. The number of carbonyl (C=O) groups excluding carboxylic acids is 2. The summed E-state index contributed by atoms with van der Waals surface area (Å²) in [7, 11) is 0. The molecular weight excluding hydrogens is 330 g/mol. The first kappa shape index (κ1) is 18.5. The molecular formula is C17H24ClN3O3. The van der Waals surface area contributed by atoms with Crippen LogP contribution in [-0.4, -0.2) is 31.5 Å². The molecule has 1 aromatic carbocycles. The first-order valence-electron chi connectivity index (χ1n) is 8.08. The highest BCUT2D eigenvalue weighted by atomic mass is 35.5. The number of carbonyl (C=O) groups is 2. The summed E-state index contributed by atoms with van der Waals surface area (Å²) in [6.07, 6.45) is 3.21. The maximum atomic E-state index is 12.3. The summed E-state index contributed by atoms with van der Waals surface area (Å²) in [6.45, 7) is 2.36. The maximum Gasteiger partial charge on any atom is 0.255 e. The van der Waals surface area contributed by atoms with Gasteiger partial charge in [-0.25, -0.2) is 0 Å². The average molecular weight is 354 g/mol. The first-order chi connectivity index (χ1) is 11.1. The van der Waals surface area contributed by atoms with Gasteiger partial charge in [-0.2, -0.15) is 0 Å². The van der Waals surface area contributed by atoms with Crippen LogP contribution in [0.4, 0.5) is 0 Å². The fourth-order valence-corrected chi connectivity index (χ4v) is 3.41. The number of amides is 2. The summed E-state index contributed by atoms with van der Waals surface area (Å²) in [6, 6.07) is 7.34. The molecule has 1 atom stereocenters. The Balaban J connectivity index is 0.00000208. The molecule has 1 aliphatic heterocycles. The van der Waals surface area contributed by atoms with Crippen molar-refractivity contribution in [2.45, 2.75) is 25.8 Å². The Hall–Kier alpha value is -1.79. The van der Waals surface area contributed by atoms with Gasteiger partial charge in [-0.05, 0) is 55.5 Å². The zero-order chi connectivity index (χ0) is 16.3. The number of rotatable bonds is 6. The molecule has 0 bridgehead atoms. The van der Waals surface area contributed by atoms with Crippen molar-refractivity contribution in [2.24, 2.45) is 17.1 Å². The van der Waals surface area contributed by atoms with Crippen LogP contribution < -0.4 is 21.1 Å². The molecule has 1 aliphatic carbocycles. The molecule has 1 aromatic rings. The second kappa shape index (κ2) is 7.85. The minimum atomic E-state index is -0.510. The average Bonchev–Trinajstić information content (AvgIpc) is 3.25. The molecule has 1 saturated carbocycles. The highest BCUT2D eigenvalue weighted by Gasteiger charge is 2.57. The number of hydrogen-bond acceptors (Lipinski definition) is 4. The lowest BCUT2D eigenvalue weighted by atomic mass is 9.92. The van der Waals surface area contributed by atoms with Crippen LogP contribution in [0.1, 0.15) is 24.8 Å². The van der Waals surface area contributed by atoms with Crippen LogP contribution in [-0.2, 0) is 16.1 Å². The second-order valence-corrected chi connectivity index (χ2v) is 6.49. The van der Waals surface area contributed by atoms with E-state index in [1.807, 2.05) is 18.2 Å². The number of piperidine rings is 1. The van der Waals surface area contributed by atoms with Crippen LogP contribution in [0.5, 0.6) is 5.75 Å². The van der Waals surface area contributed by atoms with Crippen molar-refractivity contribution in [3.8, 4) is 5.75 Å². The van der Waals surface area contributed by atoms with Crippen LogP contribution >= 0.6 is 12.4 Å². The van der Waals surface area contributed by atoms with Crippen LogP contribution in [0.25, 0.3) is 0 Å². The van der Waals surface area contributed by atoms with Gasteiger partial charge >= 0.3 is 0 Å². The van der Waals surface area contributed by atoms with E-state index in [1.54, 1.807) is 6.07 Å². The van der Waals surface area contributed by atoms with Gasteiger partial charge in [0.1, 0.15) is 5.75 Å². The van der Waals surface area contributed by atoms with Gasteiger partial charge in [0.15, 0.2) is 6.61 Å². The normalized spacial score (nSPS) is 20.8. The van der Waals surface area contributed by atoms with Crippen molar-refractivity contribution < 1.29 is 14.3 Å². The van der Waals surface area contributed by atoms with Gasteiger partial charge in [0, 0.05) is 12.5 Å². The topological polar surface area (TPSA) is 93.5 Å². The van der Waals surface area contributed by atoms with Crippen molar-refractivity contribution in [1.29, 1.82) is 0 Å². The standard InChI is InChI=1S/C17H23N3O3.ClH/c18-15(21)11-23-13-3-1-2-12(8-13)10-20-16(22)14-9-17(14)4-6-19-7-5-17;/h1-3,8,14,19H,4-7,9-11H2,(H2,18,21)(H,20,22);1H. The monoisotopic (exact) mass is 353 g/mol. The lowest BCUT2D eigenvalue weighted by molar-refractivity contribution is -0.123. The molecule has 24 heavy (non-hydrogen) atoms. The Morgan fingerprint density at radius 1 is 1.33 bits per heavy atom. The molecule has 3 rings (SSSR count). The van der Waals surface area contributed by atoms with Crippen LogP contribution in [0.15, 0.2) is 24.3 Å². The number of nitrogens with one attached hydrogen (secondary N) is 2. The van der Waals surface area contributed by atoms with Gasteiger partial charge in [0.2, 0.25) is 5.91 Å². The molecule has 1 spiro atoms. The van der Waals surface area contributed by atoms with E-state index in [4.69, 9.17) is 10.5 Å². The van der Waals surface area contributed by atoms with Crippen molar-refractivity contribution in [2.75, 3.05) is 19.7 Å². The summed E-state index contributed by atoms with van der Waals surface area (Å²) < 4.78 is 5.27. The largest absolute Gasteiger partial charge is 0.484 e. The number of benzene rings is 1. The molecule has 2 amide bonds. The predicted octanol–water partition coefficient (Wildman–Crippen LogP) is 0.978. The second-order valence-electron chi connectivity index (χ2n) is 6.49. The quantitative estimate of drug-likeness (QED) is 0.710. The summed E-state index contributed by atoms with van der Waals surface area (Å²) in [4.78, 5) is 23.1. The van der Waals surface area contributed by atoms with Crippen molar-refractivity contribution >= 4 is 24.2 Å². The van der Waals surface area contributed by atoms with E-state index in [2.05, 4.69) is 10.6 Å². The van der Waals surface area contributed by atoms with Gasteiger partial charge < -0.3 is 21.1 Å². The molecule has 6 nitrogen and oxygen atoms in total. The summed E-state index contributed by atoms with van der Waals surface area (Å²) in [5.41, 5.74) is 6.26. The van der Waals surface area contributed by atoms with Gasteiger partial charge in [-0.1, -0.05) is 12.1 Å². The summed E-state index contributed by atoms with van der Waals surface area (Å²) >= 11 is 0. The van der Waals surface area contributed by atoms with Crippen LogP contribution in [0, 0.1) is 11.3 Å². The van der Waals surface area contributed by atoms with Crippen LogP contribution in [0.2, 0.25) is 0 Å². The highest BCUT2D eigenvalue weighted by Crippen LogP contribution is 2.58. The number of hydrogen-bond donors (Lipinski definition) is 3. The maximum absolute atomic E-state index is 12.3. The zero-order valence-corrected chi connectivity index (χ0v) is 14.4. The Bertz CT molecular complexity index is 602. The van der Waals surface area contributed by atoms with E-state index in [1.165, 1.54) is 0 Å². The van der Waals surface area contributed by atoms with E-state index >= 15 is 0 Å². The third-order valence-electron chi connectivity index (χ3n) is 4.85. The van der Waals surface area contributed by atoms with Gasteiger partial charge in [-0.15, -0.1) is 12.4 Å². The molecule has 4 N–H and O–H groups in total. The minimum absolute atomic E-state index is 0. The molecule has 7 heteroatoms. The number of nitrogens with two attached hydrogens (primary N) is 1. The first-order valence-corrected chi connectivity index (χ1v) is 8.08. The van der Waals surface area contributed by atoms with E-state index < -0.39 is 5.91 Å². The van der Waals surface area contributed by atoms with Gasteiger partial charge in [-0.3, -0.25) is 9.59 Å². The van der Waals surface area contributed by atoms with E-state index in [0.29, 0.717) is 12.3 Å². The van der Waals surface area contributed by atoms with Crippen LogP contribution in [0.3, 0.4) is 0 Å². The summed E-state index contributed by atoms with van der Waals surface area (Å²) in [5.74, 6) is 0.385. The van der Waals surface area contributed by atoms with E-state index in [9.17, 15) is 9.59 Å². The lowest BCUT2D eigenvalue weighted by Crippen LogP contribution is -2.33. The summed E-state index contributed by atoms with van der Waals surface area (Å²) in [5, 5.41) is 6.36. The highest BCUT2D eigenvalue weighted by molar-refractivity contribution is 5.85. The molecule has 2 fully saturated rings. The Morgan fingerprint density at radius 2 is 2.08 bits per heavy atom. The predicted molar refractivity (Wildman–Crippen MR) is 92.9 cm³/mol. The van der Waals surface area contributed by atoms with Gasteiger partial charge in [0.25, 0.3) is 5.91 Å². The number of primary amides is 1. The molecule has 1 heterocycles. The zero-order valence-electron chi connectivity index (χ0n) is 13.5. The van der Waals surface area contributed by atoms with Crippen molar-refractivity contribution in [1.82, 2.24) is 10.6 Å². The van der Waals surface area contributed by atoms with Gasteiger partial charge in [0.05, 0.1) is 0 Å². The fraction of sp³-hybridized carbons (Fsp3) is 0.529. The number of ether oxygens (including phenoxy) is 1. The molecule has 132 valence electrons. The van der Waals surface area contributed by atoms with Crippen molar-refractivity contribution in [3.05, 3.63) is 29.8 Å². The Kier molecular flexibility index (Phi) is 6.07. The lowest BCUT2D eigenvalue weighted by Gasteiger charge is -2.23. The van der Waals surface area contributed by atoms with E-state index in [0.717, 1.165) is 37.9 Å². The van der Waals surface area contributed by atoms with E-state index in [-0.39, 0.29) is 36.3 Å². The SMILES string of the molecule is Cl.NC(=O)COc1cccc(CNC(=O)C2CC23CCNCC3)c1. The number of halogens is 1. The minimum Gasteiger partial charge on any atom is -0.484 e. The molecule has 0 radical (unpaired) electrons. The van der Waals surface area contributed by atoms with Crippen molar-refractivity contribution in [3.63, 3.8) is 0 Å². The third-order valence-corrected chi connectivity index (χ3v) is 4.85. The Morgan fingerprint density at radius 3 is 2.79 bits per heavy atom. The smallest absolute Gasteiger partial charge is 0.255 e. The molecule has 0 aromatic heterocycles. The third kappa shape index (κ3) is 4.39.